The molecule has 1 fully saturated rings. The molecule has 0 atom stereocenters. The highest BCUT2D eigenvalue weighted by atomic mass is 35.5. The summed E-state index contributed by atoms with van der Waals surface area (Å²) in [7, 11) is 0. The molecule has 2 aromatic rings. The van der Waals surface area contributed by atoms with Crippen molar-refractivity contribution in [3.05, 3.63) is 33.2 Å². The molecule has 5 nitrogen and oxygen atoms in total. The molecular formula is C19H24Cl2N4OS. The molecule has 146 valence electrons. The van der Waals surface area contributed by atoms with Crippen molar-refractivity contribution in [2.45, 2.75) is 64.1 Å². The summed E-state index contributed by atoms with van der Waals surface area (Å²) >= 11 is 13.6. The van der Waals surface area contributed by atoms with E-state index in [1.54, 1.807) is 13.0 Å². The number of aryl methyl sites for hydroxylation is 2. The van der Waals surface area contributed by atoms with Gasteiger partial charge in [-0.15, -0.1) is 0 Å². The zero-order valence-corrected chi connectivity index (χ0v) is 18.1. The summed E-state index contributed by atoms with van der Waals surface area (Å²) in [4.78, 5) is 21.4. The van der Waals surface area contributed by atoms with Gasteiger partial charge in [-0.25, -0.2) is 9.97 Å². The van der Waals surface area contributed by atoms with Crippen molar-refractivity contribution in [3.63, 3.8) is 0 Å². The van der Waals surface area contributed by atoms with Crippen molar-refractivity contribution in [1.29, 1.82) is 0 Å². The van der Waals surface area contributed by atoms with Gasteiger partial charge < -0.3 is 9.88 Å². The minimum atomic E-state index is -0.162. The standard InChI is InChI=1S/C19H24Cl2N4OS/c1-11-13(3)25(14-7-5-4-6-8-14)19(23-11)27-10-17(26)24-18-16(21)9-15(20)12(2)22-18/h9,14H,4-8,10H2,1-3H3,(H,22,24,26). The molecule has 27 heavy (non-hydrogen) atoms. The van der Waals surface area contributed by atoms with E-state index in [9.17, 15) is 4.79 Å². The predicted octanol–water partition coefficient (Wildman–Crippen LogP) is 5.75. The molecule has 0 unspecified atom stereocenters. The molecule has 1 aliphatic carbocycles. The fourth-order valence-corrected chi connectivity index (χ4v) is 4.78. The van der Waals surface area contributed by atoms with Crippen LogP contribution in [0.3, 0.4) is 0 Å². The average molecular weight is 427 g/mol. The van der Waals surface area contributed by atoms with E-state index in [1.165, 1.54) is 49.6 Å². The number of anilines is 1. The molecule has 2 heterocycles. The quantitative estimate of drug-likeness (QED) is 0.618. The molecule has 3 rings (SSSR count). The van der Waals surface area contributed by atoms with Crippen molar-refractivity contribution in [3.8, 4) is 0 Å². The van der Waals surface area contributed by atoms with Gasteiger partial charge in [0.15, 0.2) is 11.0 Å². The van der Waals surface area contributed by atoms with E-state index in [2.05, 4.69) is 21.8 Å². The van der Waals surface area contributed by atoms with Crippen LogP contribution in [0.15, 0.2) is 11.2 Å². The van der Waals surface area contributed by atoms with E-state index in [4.69, 9.17) is 28.2 Å². The van der Waals surface area contributed by atoms with Crippen LogP contribution in [-0.2, 0) is 4.79 Å². The number of carbonyl (C=O) groups excluding carboxylic acids is 1. The Hall–Kier alpha value is -1.24. The Bertz CT molecular complexity index is 847. The first-order valence-electron chi connectivity index (χ1n) is 9.17. The van der Waals surface area contributed by atoms with Crippen molar-refractivity contribution in [2.24, 2.45) is 0 Å². The Kier molecular flexibility index (Phi) is 6.71. The molecule has 0 aliphatic heterocycles. The fourth-order valence-electron chi connectivity index (χ4n) is 3.41. The maximum Gasteiger partial charge on any atom is 0.236 e. The Morgan fingerprint density at radius 1 is 1.15 bits per heavy atom. The second-order valence-corrected chi connectivity index (χ2v) is 8.71. The summed E-state index contributed by atoms with van der Waals surface area (Å²) in [5.74, 6) is 0.430. The molecule has 8 heteroatoms. The van der Waals surface area contributed by atoms with E-state index >= 15 is 0 Å². The molecular weight excluding hydrogens is 403 g/mol. The number of rotatable bonds is 5. The van der Waals surface area contributed by atoms with Crippen LogP contribution in [0.2, 0.25) is 10.0 Å². The lowest BCUT2D eigenvalue weighted by molar-refractivity contribution is -0.113. The van der Waals surface area contributed by atoms with E-state index < -0.39 is 0 Å². The Balaban J connectivity index is 1.69. The number of hydrogen-bond donors (Lipinski definition) is 1. The number of carbonyl (C=O) groups is 1. The summed E-state index contributed by atoms with van der Waals surface area (Å²) < 4.78 is 2.32. The number of nitrogens with zero attached hydrogens (tertiary/aromatic N) is 3. The average Bonchev–Trinajstić information content (AvgIpc) is 2.93. The van der Waals surface area contributed by atoms with Crippen LogP contribution in [0.5, 0.6) is 0 Å². The van der Waals surface area contributed by atoms with Crippen LogP contribution < -0.4 is 5.32 Å². The van der Waals surface area contributed by atoms with Gasteiger partial charge in [0.1, 0.15) is 0 Å². The highest BCUT2D eigenvalue weighted by Crippen LogP contribution is 2.34. The Labute approximate surface area is 174 Å². The van der Waals surface area contributed by atoms with Gasteiger partial charge >= 0.3 is 0 Å². The molecule has 0 saturated heterocycles. The first kappa shape index (κ1) is 20.5. The highest BCUT2D eigenvalue weighted by molar-refractivity contribution is 7.99. The van der Waals surface area contributed by atoms with Gasteiger partial charge in [0.05, 0.1) is 27.2 Å². The molecule has 0 bridgehead atoms. The molecule has 1 saturated carbocycles. The van der Waals surface area contributed by atoms with Crippen LogP contribution in [-0.4, -0.2) is 26.2 Å². The number of nitrogens with one attached hydrogen (secondary N) is 1. The second-order valence-electron chi connectivity index (χ2n) is 6.95. The number of thioether (sulfide) groups is 1. The Morgan fingerprint density at radius 2 is 1.85 bits per heavy atom. The third kappa shape index (κ3) is 4.79. The monoisotopic (exact) mass is 426 g/mol. The first-order valence-corrected chi connectivity index (χ1v) is 10.9. The topological polar surface area (TPSA) is 59.8 Å². The van der Waals surface area contributed by atoms with Gasteiger partial charge in [-0.2, -0.15) is 0 Å². The van der Waals surface area contributed by atoms with Gasteiger partial charge in [-0.3, -0.25) is 4.79 Å². The van der Waals surface area contributed by atoms with Gasteiger partial charge in [0.2, 0.25) is 5.91 Å². The van der Waals surface area contributed by atoms with Crippen LogP contribution >= 0.6 is 35.0 Å². The van der Waals surface area contributed by atoms with Crippen molar-refractivity contribution < 1.29 is 4.79 Å². The third-order valence-electron chi connectivity index (χ3n) is 4.99. The third-order valence-corrected chi connectivity index (χ3v) is 6.61. The number of aromatic nitrogens is 3. The predicted molar refractivity (Wildman–Crippen MR) is 112 cm³/mol. The second kappa shape index (κ2) is 8.84. The molecule has 0 spiro atoms. The maximum atomic E-state index is 12.4. The minimum absolute atomic E-state index is 0.162. The molecule has 2 aromatic heterocycles. The number of imidazole rings is 1. The van der Waals surface area contributed by atoms with Gasteiger partial charge in [-0.05, 0) is 39.7 Å². The number of hydrogen-bond acceptors (Lipinski definition) is 4. The maximum absolute atomic E-state index is 12.4. The van der Waals surface area contributed by atoms with Gasteiger partial charge in [-0.1, -0.05) is 54.2 Å². The summed E-state index contributed by atoms with van der Waals surface area (Å²) in [6.45, 7) is 5.91. The zero-order chi connectivity index (χ0) is 19.6. The fraction of sp³-hybridized carbons (Fsp3) is 0.526. The van der Waals surface area contributed by atoms with E-state index in [-0.39, 0.29) is 11.7 Å². The van der Waals surface area contributed by atoms with Crippen molar-refractivity contribution >= 4 is 46.7 Å². The smallest absolute Gasteiger partial charge is 0.236 e. The van der Waals surface area contributed by atoms with Crippen LogP contribution in [0.1, 0.15) is 55.2 Å². The number of amides is 1. The first-order chi connectivity index (χ1) is 12.9. The SMILES string of the molecule is Cc1nc(NC(=O)CSc2nc(C)c(C)n2C2CCCCC2)c(Cl)cc1Cl. The number of pyridine rings is 1. The highest BCUT2D eigenvalue weighted by Gasteiger charge is 2.22. The zero-order valence-electron chi connectivity index (χ0n) is 15.8. The van der Waals surface area contributed by atoms with Crippen LogP contribution in [0.4, 0.5) is 5.82 Å². The van der Waals surface area contributed by atoms with Gasteiger partial charge in [0.25, 0.3) is 0 Å². The Morgan fingerprint density at radius 3 is 2.56 bits per heavy atom. The van der Waals surface area contributed by atoms with E-state index in [0.717, 1.165) is 10.9 Å². The number of halogens is 2. The molecule has 0 radical (unpaired) electrons. The minimum Gasteiger partial charge on any atom is -0.320 e. The molecule has 1 aliphatic rings. The normalized spacial score (nSPS) is 15.1. The van der Waals surface area contributed by atoms with Gasteiger partial charge in [0, 0.05) is 11.7 Å². The lowest BCUT2D eigenvalue weighted by Crippen LogP contribution is -2.18. The summed E-state index contributed by atoms with van der Waals surface area (Å²) in [6, 6.07) is 2.08. The van der Waals surface area contributed by atoms with Crippen LogP contribution in [0.25, 0.3) is 0 Å². The largest absolute Gasteiger partial charge is 0.320 e. The lowest BCUT2D eigenvalue weighted by atomic mass is 9.95. The summed E-state index contributed by atoms with van der Waals surface area (Å²) in [6.07, 6.45) is 6.18. The lowest BCUT2D eigenvalue weighted by Gasteiger charge is -2.26. The molecule has 1 N–H and O–H groups in total. The van der Waals surface area contributed by atoms with Crippen molar-refractivity contribution in [1.82, 2.24) is 14.5 Å². The summed E-state index contributed by atoms with van der Waals surface area (Å²) in [5.41, 5.74) is 2.85. The van der Waals surface area contributed by atoms with E-state index in [1.807, 2.05) is 6.92 Å². The molecule has 1 amide bonds. The van der Waals surface area contributed by atoms with Crippen molar-refractivity contribution in [2.75, 3.05) is 11.1 Å². The molecule has 0 aromatic carbocycles. The van der Waals surface area contributed by atoms with Crippen LogP contribution in [0, 0.1) is 20.8 Å². The summed E-state index contributed by atoms with van der Waals surface area (Å²) in [5, 5.41) is 4.50. The van der Waals surface area contributed by atoms with E-state index in [0.29, 0.717) is 27.6 Å².